The van der Waals surface area contributed by atoms with E-state index in [1.54, 1.807) is 12.1 Å². The lowest BCUT2D eigenvalue weighted by atomic mass is 9.93. The Morgan fingerprint density at radius 2 is 2.36 bits per heavy atom. The zero-order chi connectivity index (χ0) is 9.97. The lowest BCUT2D eigenvalue weighted by Gasteiger charge is -2.18. The van der Waals surface area contributed by atoms with Gasteiger partial charge in [0, 0.05) is 6.04 Å². The largest absolute Gasteiger partial charge is 0.324 e. The average Bonchev–Trinajstić information content (AvgIpc) is 2.69. The quantitative estimate of drug-likeness (QED) is 0.813. The smallest absolute Gasteiger partial charge is 0.123 e. The summed E-state index contributed by atoms with van der Waals surface area (Å²) in [7, 11) is 0. The van der Waals surface area contributed by atoms with E-state index in [-0.39, 0.29) is 11.9 Å². The summed E-state index contributed by atoms with van der Waals surface area (Å²) in [6, 6.07) is 6.65. The van der Waals surface area contributed by atoms with Gasteiger partial charge in [-0.15, -0.1) is 0 Å². The van der Waals surface area contributed by atoms with Gasteiger partial charge in [-0.05, 0) is 41.5 Å². The molecule has 3 heteroatoms. The summed E-state index contributed by atoms with van der Waals surface area (Å²) >= 11 is 1.94. The molecular weight excluding hydrogens is 197 g/mol. The molecule has 1 heterocycles. The van der Waals surface area contributed by atoms with Crippen LogP contribution in [0.1, 0.15) is 18.0 Å². The normalized spacial score (nSPS) is 23.7. The second-order valence-electron chi connectivity index (χ2n) is 3.70. The molecule has 0 spiro atoms. The summed E-state index contributed by atoms with van der Waals surface area (Å²) in [4.78, 5) is 0. The van der Waals surface area contributed by atoms with Crippen molar-refractivity contribution in [1.29, 1.82) is 0 Å². The van der Waals surface area contributed by atoms with Gasteiger partial charge in [0.15, 0.2) is 0 Å². The Labute approximate surface area is 87.9 Å². The first-order valence-corrected chi connectivity index (χ1v) is 6.01. The van der Waals surface area contributed by atoms with E-state index in [0.717, 1.165) is 17.7 Å². The van der Waals surface area contributed by atoms with Gasteiger partial charge in [0.1, 0.15) is 5.82 Å². The van der Waals surface area contributed by atoms with E-state index in [2.05, 4.69) is 0 Å². The van der Waals surface area contributed by atoms with Crippen LogP contribution in [0.5, 0.6) is 0 Å². The number of rotatable bonds is 2. The third-order valence-electron chi connectivity index (χ3n) is 2.71. The van der Waals surface area contributed by atoms with Crippen LogP contribution in [0.2, 0.25) is 0 Å². The second kappa shape index (κ2) is 4.32. The van der Waals surface area contributed by atoms with Gasteiger partial charge in [-0.2, -0.15) is 11.8 Å². The van der Waals surface area contributed by atoms with Gasteiger partial charge in [0.25, 0.3) is 0 Å². The van der Waals surface area contributed by atoms with Crippen molar-refractivity contribution in [2.45, 2.75) is 12.5 Å². The van der Waals surface area contributed by atoms with Crippen LogP contribution < -0.4 is 5.73 Å². The zero-order valence-corrected chi connectivity index (χ0v) is 8.77. The fraction of sp³-hybridized carbons (Fsp3) is 0.455. The standard InChI is InChI=1S/C11H14FNS/c12-10-3-1-2-8(6-10)11(13)9-4-5-14-7-9/h1-3,6,9,11H,4-5,7,13H2. The predicted molar refractivity (Wildman–Crippen MR) is 58.8 cm³/mol. The summed E-state index contributed by atoms with van der Waals surface area (Å²) in [6.45, 7) is 0. The minimum absolute atomic E-state index is 0.000648. The van der Waals surface area contributed by atoms with E-state index in [4.69, 9.17) is 5.73 Å². The fourth-order valence-corrected chi connectivity index (χ4v) is 3.13. The first-order valence-electron chi connectivity index (χ1n) is 4.86. The number of hydrogen-bond donors (Lipinski definition) is 1. The molecule has 1 aromatic carbocycles. The second-order valence-corrected chi connectivity index (χ2v) is 4.85. The van der Waals surface area contributed by atoms with Gasteiger partial charge in [-0.3, -0.25) is 0 Å². The van der Waals surface area contributed by atoms with E-state index in [1.165, 1.54) is 11.8 Å². The van der Waals surface area contributed by atoms with Crippen LogP contribution in [0.15, 0.2) is 24.3 Å². The van der Waals surface area contributed by atoms with Crippen LogP contribution in [-0.4, -0.2) is 11.5 Å². The minimum Gasteiger partial charge on any atom is -0.324 e. The van der Waals surface area contributed by atoms with Gasteiger partial charge in [-0.1, -0.05) is 12.1 Å². The molecule has 1 nitrogen and oxygen atoms in total. The first kappa shape index (κ1) is 9.99. The number of benzene rings is 1. The summed E-state index contributed by atoms with van der Waals surface area (Å²) in [6.07, 6.45) is 1.16. The molecule has 0 aromatic heterocycles. The minimum atomic E-state index is -0.191. The highest BCUT2D eigenvalue weighted by molar-refractivity contribution is 7.99. The molecule has 2 N–H and O–H groups in total. The van der Waals surface area contributed by atoms with E-state index < -0.39 is 0 Å². The fourth-order valence-electron chi connectivity index (χ4n) is 1.82. The van der Waals surface area contributed by atoms with Crippen molar-refractivity contribution < 1.29 is 4.39 Å². The molecule has 2 atom stereocenters. The number of hydrogen-bond acceptors (Lipinski definition) is 2. The molecule has 14 heavy (non-hydrogen) atoms. The summed E-state index contributed by atoms with van der Waals surface area (Å²) in [5, 5.41) is 0. The molecule has 1 saturated heterocycles. The Morgan fingerprint density at radius 3 is 3.00 bits per heavy atom. The number of nitrogens with two attached hydrogens (primary N) is 1. The molecule has 0 radical (unpaired) electrons. The molecule has 1 aliphatic rings. The highest BCUT2D eigenvalue weighted by Crippen LogP contribution is 2.32. The Kier molecular flexibility index (Phi) is 3.08. The monoisotopic (exact) mass is 211 g/mol. The van der Waals surface area contributed by atoms with Gasteiger partial charge >= 0.3 is 0 Å². The van der Waals surface area contributed by atoms with Crippen molar-refractivity contribution in [3.05, 3.63) is 35.6 Å². The van der Waals surface area contributed by atoms with Crippen molar-refractivity contribution in [1.82, 2.24) is 0 Å². The van der Waals surface area contributed by atoms with Crippen molar-refractivity contribution in [2.75, 3.05) is 11.5 Å². The molecule has 1 fully saturated rings. The van der Waals surface area contributed by atoms with Gasteiger partial charge < -0.3 is 5.73 Å². The zero-order valence-electron chi connectivity index (χ0n) is 7.95. The first-order chi connectivity index (χ1) is 6.77. The summed E-state index contributed by atoms with van der Waals surface area (Å²) in [5.41, 5.74) is 7.02. The van der Waals surface area contributed by atoms with Crippen LogP contribution in [0.4, 0.5) is 4.39 Å². The molecule has 2 unspecified atom stereocenters. The van der Waals surface area contributed by atoms with Gasteiger partial charge in [0.05, 0.1) is 0 Å². The Hall–Kier alpha value is -0.540. The number of thioether (sulfide) groups is 1. The molecular formula is C11H14FNS. The molecule has 0 amide bonds. The lowest BCUT2D eigenvalue weighted by Crippen LogP contribution is -2.21. The molecule has 0 bridgehead atoms. The van der Waals surface area contributed by atoms with Gasteiger partial charge in [-0.25, -0.2) is 4.39 Å². The molecule has 0 saturated carbocycles. The van der Waals surface area contributed by atoms with Gasteiger partial charge in [0.2, 0.25) is 0 Å². The summed E-state index contributed by atoms with van der Waals surface area (Å²) in [5.74, 6) is 2.62. The summed E-state index contributed by atoms with van der Waals surface area (Å²) < 4.78 is 13.0. The van der Waals surface area contributed by atoms with Crippen LogP contribution in [0.3, 0.4) is 0 Å². The maximum Gasteiger partial charge on any atom is 0.123 e. The van der Waals surface area contributed by atoms with Crippen LogP contribution in [0, 0.1) is 11.7 Å². The SMILES string of the molecule is NC(c1cccc(F)c1)C1CCSC1. The average molecular weight is 211 g/mol. The third-order valence-corrected chi connectivity index (χ3v) is 3.89. The molecule has 1 aliphatic heterocycles. The highest BCUT2D eigenvalue weighted by Gasteiger charge is 2.23. The predicted octanol–water partition coefficient (Wildman–Crippen LogP) is 2.58. The Morgan fingerprint density at radius 1 is 1.50 bits per heavy atom. The van der Waals surface area contributed by atoms with E-state index in [1.807, 2.05) is 17.8 Å². The Balaban J connectivity index is 2.13. The molecule has 76 valence electrons. The molecule has 0 aliphatic carbocycles. The third kappa shape index (κ3) is 2.10. The maximum atomic E-state index is 13.0. The highest BCUT2D eigenvalue weighted by atomic mass is 32.2. The van der Waals surface area contributed by atoms with Crippen molar-refractivity contribution in [3.8, 4) is 0 Å². The maximum absolute atomic E-state index is 13.0. The van der Waals surface area contributed by atoms with E-state index >= 15 is 0 Å². The van der Waals surface area contributed by atoms with E-state index in [9.17, 15) is 4.39 Å². The Bertz CT molecular complexity index is 310. The number of halogens is 1. The van der Waals surface area contributed by atoms with Crippen molar-refractivity contribution in [3.63, 3.8) is 0 Å². The van der Waals surface area contributed by atoms with E-state index in [0.29, 0.717) is 5.92 Å². The lowest BCUT2D eigenvalue weighted by molar-refractivity contribution is 0.479. The van der Waals surface area contributed by atoms with Crippen LogP contribution in [-0.2, 0) is 0 Å². The molecule has 2 rings (SSSR count). The topological polar surface area (TPSA) is 26.0 Å². The van der Waals surface area contributed by atoms with Crippen molar-refractivity contribution in [2.24, 2.45) is 11.7 Å². The van der Waals surface area contributed by atoms with Crippen LogP contribution in [0.25, 0.3) is 0 Å². The molecule has 1 aromatic rings. The van der Waals surface area contributed by atoms with Crippen molar-refractivity contribution >= 4 is 11.8 Å². The van der Waals surface area contributed by atoms with Crippen LogP contribution >= 0.6 is 11.8 Å².